The van der Waals surface area contributed by atoms with E-state index in [2.05, 4.69) is 6.58 Å². The number of fused-ring (bicyclic) bond motifs is 1. The summed E-state index contributed by atoms with van der Waals surface area (Å²) in [5, 5.41) is 19.2. The molecule has 2 rings (SSSR count). The smallest absolute Gasteiger partial charge is 0.354 e. The third-order valence-corrected chi connectivity index (χ3v) is 6.22. The summed E-state index contributed by atoms with van der Waals surface area (Å²) in [4.78, 5) is 24.1. The van der Waals surface area contributed by atoms with E-state index in [0.717, 1.165) is 11.8 Å². The molecule has 5 nitrogen and oxygen atoms in total. The number of rotatable bonds is 7. The van der Waals surface area contributed by atoms with Gasteiger partial charge in [0.1, 0.15) is 4.87 Å². The molecule has 1 amide bonds. The fraction of sp³-hybridized carbons (Fsp3) is 0.538. The number of carbonyl (C=O) groups excluding carboxylic acids is 1. The van der Waals surface area contributed by atoms with E-state index in [4.69, 9.17) is 0 Å². The minimum atomic E-state index is -1.22. The molecular weight excluding hydrogens is 317 g/mol. The molecule has 2 heterocycles. The lowest BCUT2D eigenvalue weighted by atomic mass is 9.80. The van der Waals surface area contributed by atoms with Gasteiger partial charge in [-0.25, -0.2) is 4.79 Å². The van der Waals surface area contributed by atoms with Crippen molar-refractivity contribution in [3.63, 3.8) is 0 Å². The fourth-order valence-electron chi connectivity index (χ4n) is 2.76. The molecule has 0 radical (unpaired) electrons. The van der Waals surface area contributed by atoms with Gasteiger partial charge in [-0.1, -0.05) is 17.8 Å². The highest BCUT2D eigenvalue weighted by molar-refractivity contribution is 8.23. The molecule has 2 N–H and O–H groups in total. The maximum atomic E-state index is 12.4. The molecule has 2 aliphatic rings. The maximum Gasteiger partial charge on any atom is 0.354 e. The topological polar surface area (TPSA) is 77.8 Å². The van der Waals surface area contributed by atoms with E-state index in [1.165, 1.54) is 23.6 Å². The Hall–Kier alpha value is -0.990. The molecule has 0 aromatic heterocycles. The minimum Gasteiger partial charge on any atom is -0.477 e. The van der Waals surface area contributed by atoms with Gasteiger partial charge in [-0.05, 0) is 13.3 Å². The molecule has 0 spiro atoms. The van der Waals surface area contributed by atoms with E-state index in [0.29, 0.717) is 10.7 Å². The average Bonchev–Trinajstić information content (AvgIpc) is 2.66. The number of hydrogen-bond donors (Lipinski definition) is 2. The van der Waals surface area contributed by atoms with Crippen molar-refractivity contribution in [3.8, 4) is 0 Å². The van der Waals surface area contributed by atoms with Crippen LogP contribution in [0.15, 0.2) is 22.6 Å². The van der Waals surface area contributed by atoms with Gasteiger partial charge < -0.3 is 10.2 Å². The summed E-state index contributed by atoms with van der Waals surface area (Å²) in [5.74, 6) is -2.18. The van der Waals surface area contributed by atoms with E-state index >= 15 is 0 Å². The van der Waals surface area contributed by atoms with Crippen LogP contribution >= 0.6 is 23.5 Å². The van der Waals surface area contributed by atoms with Gasteiger partial charge in [-0.2, -0.15) is 0 Å². The van der Waals surface area contributed by atoms with Crippen molar-refractivity contribution < 1.29 is 24.2 Å². The van der Waals surface area contributed by atoms with Crippen molar-refractivity contribution in [2.75, 3.05) is 12.4 Å². The monoisotopic (exact) mass is 333 g/mol. The number of thioether (sulfide) groups is 2. The first-order chi connectivity index (χ1) is 9.90. The van der Waals surface area contributed by atoms with Crippen LogP contribution in [-0.2, 0) is 9.59 Å². The number of halogens is 1. The number of carbonyl (C=O) groups is 2. The molecule has 116 valence electrons. The van der Waals surface area contributed by atoms with Crippen LogP contribution in [0, 0.1) is 5.92 Å². The highest BCUT2D eigenvalue weighted by Gasteiger charge is 2.67. The molecule has 3 atom stereocenters. The standard InChI is InChI=1S/C13H16FNO4S2/c1-3-4-13-8(7(2)16)10(17)15(13)9(11(18)19)12(21-13)20-6-5-14/h3,7-8,16H,1,4-6H2,2H3,(H,18,19)/t7?,8-,13+/m0/s1. The Morgan fingerprint density at radius 1 is 1.71 bits per heavy atom. The lowest BCUT2D eigenvalue weighted by Gasteiger charge is -2.54. The Balaban J connectivity index is 2.41. The van der Waals surface area contributed by atoms with Gasteiger partial charge in [0, 0.05) is 5.75 Å². The van der Waals surface area contributed by atoms with Crippen molar-refractivity contribution in [1.82, 2.24) is 4.90 Å². The molecule has 21 heavy (non-hydrogen) atoms. The number of nitrogens with zero attached hydrogens (tertiary/aromatic N) is 1. The Bertz CT molecular complexity index is 522. The minimum absolute atomic E-state index is 0.109. The highest BCUT2D eigenvalue weighted by atomic mass is 32.2. The number of aliphatic carboxylic acids is 1. The van der Waals surface area contributed by atoms with Gasteiger partial charge in [0.05, 0.1) is 22.9 Å². The van der Waals surface area contributed by atoms with Crippen LogP contribution < -0.4 is 0 Å². The Morgan fingerprint density at radius 2 is 2.38 bits per heavy atom. The molecule has 8 heteroatoms. The normalized spacial score (nSPS) is 29.2. The van der Waals surface area contributed by atoms with Gasteiger partial charge in [-0.3, -0.25) is 14.1 Å². The van der Waals surface area contributed by atoms with Gasteiger partial charge in [-0.15, -0.1) is 18.3 Å². The first-order valence-corrected chi connectivity index (χ1v) is 8.19. The lowest BCUT2D eigenvalue weighted by molar-refractivity contribution is -0.166. The zero-order valence-corrected chi connectivity index (χ0v) is 13.0. The van der Waals surface area contributed by atoms with Gasteiger partial charge in [0.2, 0.25) is 5.91 Å². The third kappa shape index (κ3) is 2.39. The molecule has 1 saturated heterocycles. The molecule has 0 aromatic carbocycles. The zero-order valence-electron chi connectivity index (χ0n) is 11.4. The second-order valence-corrected chi connectivity index (χ2v) is 7.49. The molecule has 2 aliphatic heterocycles. The van der Waals surface area contributed by atoms with Crippen LogP contribution in [-0.4, -0.2) is 50.4 Å². The predicted molar refractivity (Wildman–Crippen MR) is 80.2 cm³/mol. The van der Waals surface area contributed by atoms with Crippen LogP contribution in [0.2, 0.25) is 0 Å². The van der Waals surface area contributed by atoms with Gasteiger partial charge >= 0.3 is 5.97 Å². The van der Waals surface area contributed by atoms with Gasteiger partial charge in [0.15, 0.2) is 5.70 Å². The van der Waals surface area contributed by atoms with E-state index in [1.807, 2.05) is 0 Å². The van der Waals surface area contributed by atoms with Crippen molar-refractivity contribution in [2.24, 2.45) is 5.92 Å². The number of carboxylic acid groups (broad SMARTS) is 1. The third-order valence-electron chi connectivity index (χ3n) is 3.47. The second-order valence-electron chi connectivity index (χ2n) is 4.81. The van der Waals surface area contributed by atoms with Crippen LogP contribution in [0.5, 0.6) is 0 Å². The van der Waals surface area contributed by atoms with Crippen molar-refractivity contribution in [1.29, 1.82) is 0 Å². The Labute approximate surface area is 130 Å². The molecular formula is C13H16FNO4S2. The summed E-state index contributed by atoms with van der Waals surface area (Å²) in [6.45, 7) is 4.58. The van der Waals surface area contributed by atoms with E-state index in [-0.39, 0.29) is 11.4 Å². The number of aliphatic hydroxyl groups is 1. The Morgan fingerprint density at radius 3 is 2.86 bits per heavy atom. The number of alkyl halides is 1. The molecule has 1 fully saturated rings. The summed E-state index contributed by atoms with van der Waals surface area (Å²) >= 11 is 2.30. The largest absolute Gasteiger partial charge is 0.477 e. The number of amides is 1. The second kappa shape index (κ2) is 6.02. The number of β-lactam (4-membered cyclic amide) rings is 1. The molecule has 0 bridgehead atoms. The van der Waals surface area contributed by atoms with Crippen molar-refractivity contribution >= 4 is 35.4 Å². The Kier molecular flexibility index (Phi) is 4.69. The zero-order chi connectivity index (χ0) is 15.8. The molecule has 0 saturated carbocycles. The predicted octanol–water partition coefficient (Wildman–Crippen LogP) is 1.80. The fourth-order valence-corrected chi connectivity index (χ4v) is 5.75. The van der Waals surface area contributed by atoms with Crippen molar-refractivity contribution in [2.45, 2.75) is 24.3 Å². The van der Waals surface area contributed by atoms with E-state index < -0.39 is 35.4 Å². The first-order valence-electron chi connectivity index (χ1n) is 6.39. The summed E-state index contributed by atoms with van der Waals surface area (Å²) < 4.78 is 12.8. The number of hydrogen-bond acceptors (Lipinski definition) is 5. The highest BCUT2D eigenvalue weighted by Crippen LogP contribution is 2.62. The van der Waals surface area contributed by atoms with Crippen LogP contribution in [0.25, 0.3) is 0 Å². The summed E-state index contributed by atoms with van der Waals surface area (Å²) in [6.07, 6.45) is 1.07. The lowest BCUT2D eigenvalue weighted by Crippen LogP contribution is -2.69. The number of aliphatic hydroxyl groups excluding tert-OH is 1. The first kappa shape index (κ1) is 16.4. The molecule has 1 unspecified atom stereocenters. The molecule has 0 aromatic rings. The van der Waals surface area contributed by atoms with E-state index in [9.17, 15) is 24.2 Å². The average molecular weight is 333 g/mol. The summed E-state index contributed by atoms with van der Waals surface area (Å²) in [7, 11) is 0. The SMILES string of the molecule is C=CC[C@]12SC(SCCF)=C(C(=O)O)N1C(=O)[C@@H]2C(C)O. The van der Waals surface area contributed by atoms with Gasteiger partial charge in [0.25, 0.3) is 0 Å². The van der Waals surface area contributed by atoms with Crippen LogP contribution in [0.1, 0.15) is 13.3 Å². The van der Waals surface area contributed by atoms with Crippen LogP contribution in [0.3, 0.4) is 0 Å². The van der Waals surface area contributed by atoms with Crippen LogP contribution in [0.4, 0.5) is 4.39 Å². The summed E-state index contributed by atoms with van der Waals surface area (Å²) in [5.41, 5.74) is -0.109. The van der Waals surface area contributed by atoms with E-state index in [1.54, 1.807) is 6.08 Å². The maximum absolute atomic E-state index is 12.4. The van der Waals surface area contributed by atoms with Crippen molar-refractivity contribution in [3.05, 3.63) is 22.6 Å². The molecule has 0 aliphatic carbocycles. The summed E-state index contributed by atoms with van der Waals surface area (Å²) in [6, 6.07) is 0. The quantitative estimate of drug-likeness (QED) is 0.546. The number of carboxylic acids is 1.